The molecule has 0 aliphatic rings. The topological polar surface area (TPSA) is 145 Å². The maximum absolute atomic E-state index is 13.5. The number of carbonyl (C=O) groups excluding carboxylic acids is 1. The van der Waals surface area contributed by atoms with Gasteiger partial charge in [-0.15, -0.1) is 0 Å². The number of hydrogen-bond donors (Lipinski definition) is 3. The molecule has 1 heterocycles. The Morgan fingerprint density at radius 2 is 1.82 bits per heavy atom. The number of rotatable bonds is 13. The summed E-state index contributed by atoms with van der Waals surface area (Å²) in [6.45, 7) is 4.08. The fourth-order valence-electron chi connectivity index (χ4n) is 3.69. The van der Waals surface area contributed by atoms with Crippen LogP contribution < -0.4 is 40.0 Å². The molecule has 0 aliphatic heterocycles. The van der Waals surface area contributed by atoms with Crippen LogP contribution in [0.2, 0.25) is 0 Å². The van der Waals surface area contributed by atoms with Crippen molar-refractivity contribution in [3.8, 4) is 11.3 Å². The number of carbonyl (C=O) groups is 1. The van der Waals surface area contributed by atoms with Crippen molar-refractivity contribution < 1.29 is 62.5 Å². The first-order valence-corrected chi connectivity index (χ1v) is 12.7. The second-order valence-corrected chi connectivity index (χ2v) is 10.6. The zero-order valence-electron chi connectivity index (χ0n) is 20.0. The van der Waals surface area contributed by atoms with Crippen molar-refractivity contribution in [1.82, 2.24) is 14.9 Å². The van der Waals surface area contributed by atoms with E-state index in [0.717, 1.165) is 11.9 Å². The zero-order chi connectivity index (χ0) is 24.8. The van der Waals surface area contributed by atoms with Gasteiger partial charge in [0.05, 0.1) is 30.3 Å². The number of aromatic nitrogens is 2. The van der Waals surface area contributed by atoms with E-state index in [1.54, 1.807) is 12.1 Å². The van der Waals surface area contributed by atoms with E-state index in [2.05, 4.69) is 5.32 Å². The molecule has 0 saturated heterocycles. The van der Waals surface area contributed by atoms with Crippen molar-refractivity contribution in [1.29, 1.82) is 0 Å². The first-order valence-electron chi connectivity index (χ1n) is 10.7. The molecule has 2 atom stereocenters. The Hall–Kier alpha value is -1.34. The molecular weight excluding hydrogens is 476 g/mol. The smallest absolute Gasteiger partial charge is 0.550 e. The standard InChI is InChI=1S/C22H32FN3O6S.Na/c1-14(2)26-19(9-8-17(27)10-18(28)11-21(29)30)22(15-4-6-16(23)7-5-15)25-20(26)12-24-13-33(3,31)32;/h4-7,14,17-18,24,27-28H,8-13H2,1-3H3,(H,29,30);/q;+1/p-1/t17-,18-;/m1./s1. The largest absolute Gasteiger partial charge is 1.00 e. The van der Waals surface area contributed by atoms with E-state index in [1.807, 2.05) is 18.4 Å². The first kappa shape index (κ1) is 30.7. The summed E-state index contributed by atoms with van der Waals surface area (Å²) in [6, 6.07) is 5.79. The van der Waals surface area contributed by atoms with Crippen LogP contribution in [0, 0.1) is 5.82 Å². The van der Waals surface area contributed by atoms with Gasteiger partial charge < -0.3 is 24.7 Å². The number of halogens is 1. The van der Waals surface area contributed by atoms with E-state index in [4.69, 9.17) is 4.98 Å². The molecule has 0 unspecified atom stereocenters. The van der Waals surface area contributed by atoms with Crippen molar-refractivity contribution in [2.75, 3.05) is 12.1 Å². The molecule has 0 radical (unpaired) electrons. The van der Waals surface area contributed by atoms with Gasteiger partial charge in [0, 0.05) is 35.9 Å². The van der Waals surface area contributed by atoms with Crippen LogP contribution in [-0.2, 0) is 27.6 Å². The summed E-state index contributed by atoms with van der Waals surface area (Å²) in [5.74, 6) is -1.41. The van der Waals surface area contributed by atoms with Gasteiger partial charge in [-0.05, 0) is 57.4 Å². The molecule has 0 fully saturated rings. The first-order chi connectivity index (χ1) is 15.4. The van der Waals surface area contributed by atoms with E-state index >= 15 is 0 Å². The van der Waals surface area contributed by atoms with Crippen LogP contribution in [0.5, 0.6) is 0 Å². The Bertz CT molecular complexity index is 1040. The van der Waals surface area contributed by atoms with Crippen molar-refractivity contribution in [2.45, 2.75) is 64.3 Å². The van der Waals surface area contributed by atoms with Crippen LogP contribution in [0.3, 0.4) is 0 Å². The number of nitrogens with one attached hydrogen (secondary N) is 1. The Balaban J connectivity index is 0.00000578. The van der Waals surface area contributed by atoms with Gasteiger partial charge in [-0.2, -0.15) is 0 Å². The normalized spacial score (nSPS) is 13.5. The monoisotopic (exact) mass is 507 g/mol. The molecule has 1 aromatic heterocycles. The quantitative estimate of drug-likeness (QED) is 0.254. The molecule has 0 saturated carbocycles. The predicted octanol–water partition coefficient (Wildman–Crippen LogP) is -2.45. The summed E-state index contributed by atoms with van der Waals surface area (Å²) in [5, 5.41) is 33.6. The van der Waals surface area contributed by atoms with Crippen LogP contribution in [-0.4, -0.2) is 58.5 Å². The van der Waals surface area contributed by atoms with Gasteiger partial charge in [0.2, 0.25) is 0 Å². The van der Waals surface area contributed by atoms with Crippen LogP contribution >= 0.6 is 0 Å². The van der Waals surface area contributed by atoms with E-state index in [0.29, 0.717) is 23.5 Å². The Morgan fingerprint density at radius 3 is 2.35 bits per heavy atom. The summed E-state index contributed by atoms with van der Waals surface area (Å²) < 4.78 is 38.4. The number of imidazole rings is 1. The molecule has 2 aromatic rings. The van der Waals surface area contributed by atoms with Gasteiger partial charge >= 0.3 is 29.6 Å². The molecule has 0 aliphatic carbocycles. The predicted molar refractivity (Wildman–Crippen MR) is 119 cm³/mol. The summed E-state index contributed by atoms with van der Waals surface area (Å²) >= 11 is 0. The minimum Gasteiger partial charge on any atom is -0.550 e. The van der Waals surface area contributed by atoms with Gasteiger partial charge in [0.15, 0.2) is 9.84 Å². The van der Waals surface area contributed by atoms with Crippen LogP contribution in [0.1, 0.15) is 50.7 Å². The average Bonchev–Trinajstić information content (AvgIpc) is 3.03. The van der Waals surface area contributed by atoms with E-state index in [-0.39, 0.29) is 60.9 Å². The number of benzene rings is 1. The van der Waals surface area contributed by atoms with Gasteiger partial charge in [0.25, 0.3) is 0 Å². The number of aliphatic carboxylic acids is 1. The maximum Gasteiger partial charge on any atom is 1.00 e. The number of carboxylic acid groups (broad SMARTS) is 1. The number of carboxylic acids is 1. The second-order valence-electron chi connectivity index (χ2n) is 8.45. The molecule has 12 heteroatoms. The molecule has 0 spiro atoms. The maximum atomic E-state index is 13.5. The van der Waals surface area contributed by atoms with Crippen LogP contribution in [0.25, 0.3) is 11.3 Å². The number of nitrogens with zero attached hydrogens (tertiary/aromatic N) is 2. The molecule has 0 bridgehead atoms. The number of aliphatic hydroxyl groups is 2. The summed E-state index contributed by atoms with van der Waals surface area (Å²) in [4.78, 5) is 15.3. The fourth-order valence-corrected chi connectivity index (χ4v) is 4.16. The van der Waals surface area contributed by atoms with Crippen LogP contribution in [0.15, 0.2) is 24.3 Å². The van der Waals surface area contributed by atoms with Crippen molar-refractivity contribution in [2.24, 2.45) is 0 Å². The molecule has 2 rings (SSSR count). The summed E-state index contributed by atoms with van der Waals surface area (Å²) in [7, 11) is -3.22. The SMILES string of the molecule is CC(C)n1c(CNCS(C)(=O)=O)nc(-c2ccc(F)cc2)c1CC[C@@H](O)C[C@@H](O)CC(=O)[O-].[Na+]. The minimum absolute atomic E-state index is 0. The third-order valence-electron chi connectivity index (χ3n) is 5.03. The van der Waals surface area contributed by atoms with E-state index < -0.39 is 40.3 Å². The number of hydrogen-bond acceptors (Lipinski definition) is 8. The second kappa shape index (κ2) is 13.7. The minimum atomic E-state index is -3.22. The third kappa shape index (κ3) is 9.73. The Morgan fingerprint density at radius 1 is 1.21 bits per heavy atom. The average molecular weight is 508 g/mol. The van der Waals surface area contributed by atoms with Gasteiger partial charge in [-0.1, -0.05) is 0 Å². The molecule has 1 aromatic carbocycles. The Kier molecular flexibility index (Phi) is 12.3. The molecule has 184 valence electrons. The fraction of sp³-hybridized carbons (Fsp3) is 0.545. The third-order valence-corrected chi connectivity index (χ3v) is 5.75. The summed E-state index contributed by atoms with van der Waals surface area (Å²) in [6.07, 6.45) is -1.14. The van der Waals surface area contributed by atoms with E-state index in [1.165, 1.54) is 12.1 Å². The molecule has 3 N–H and O–H groups in total. The number of aliphatic hydroxyl groups excluding tert-OH is 2. The molecular formula is C22H31FN3NaO6S. The summed E-state index contributed by atoms with van der Waals surface area (Å²) in [5.41, 5.74) is 2.02. The van der Waals surface area contributed by atoms with Gasteiger partial charge in [0.1, 0.15) is 11.6 Å². The number of sulfone groups is 1. The van der Waals surface area contributed by atoms with Crippen molar-refractivity contribution in [3.05, 3.63) is 41.6 Å². The van der Waals surface area contributed by atoms with Gasteiger partial charge in [-0.3, -0.25) is 5.32 Å². The molecule has 0 amide bonds. The van der Waals surface area contributed by atoms with Crippen molar-refractivity contribution in [3.63, 3.8) is 0 Å². The molecule has 34 heavy (non-hydrogen) atoms. The molecule has 9 nitrogen and oxygen atoms in total. The van der Waals surface area contributed by atoms with Crippen LogP contribution in [0.4, 0.5) is 4.39 Å². The zero-order valence-corrected chi connectivity index (χ0v) is 22.8. The van der Waals surface area contributed by atoms with Crippen molar-refractivity contribution >= 4 is 15.8 Å². The Labute approximate surface area is 221 Å². The van der Waals surface area contributed by atoms with E-state index in [9.17, 15) is 32.9 Å². The van der Waals surface area contributed by atoms with Gasteiger partial charge in [-0.25, -0.2) is 17.8 Å².